The SMILES string of the molecule is COC(=O)C=COc1ccccc1C=O. The van der Waals surface area contributed by atoms with E-state index < -0.39 is 5.97 Å². The number of carbonyl (C=O) groups excluding carboxylic acids is 2. The minimum absolute atomic E-state index is 0.396. The van der Waals surface area contributed by atoms with Crippen LogP contribution in [-0.2, 0) is 9.53 Å². The molecule has 0 N–H and O–H groups in total. The Morgan fingerprint density at radius 1 is 1.33 bits per heavy atom. The summed E-state index contributed by atoms with van der Waals surface area (Å²) in [6.45, 7) is 0. The first-order valence-corrected chi connectivity index (χ1v) is 4.23. The summed E-state index contributed by atoms with van der Waals surface area (Å²) in [4.78, 5) is 21.3. The molecule has 0 saturated heterocycles. The van der Waals surface area contributed by atoms with Gasteiger partial charge in [-0.1, -0.05) is 12.1 Å². The van der Waals surface area contributed by atoms with Gasteiger partial charge < -0.3 is 9.47 Å². The number of aldehydes is 1. The van der Waals surface area contributed by atoms with Crippen molar-refractivity contribution in [1.29, 1.82) is 0 Å². The van der Waals surface area contributed by atoms with E-state index >= 15 is 0 Å². The van der Waals surface area contributed by atoms with E-state index in [9.17, 15) is 9.59 Å². The summed E-state index contributed by atoms with van der Waals surface area (Å²) < 4.78 is 9.46. The first-order valence-electron chi connectivity index (χ1n) is 4.23. The molecule has 4 nitrogen and oxygen atoms in total. The van der Waals surface area contributed by atoms with E-state index in [2.05, 4.69) is 4.74 Å². The third-order valence-corrected chi connectivity index (χ3v) is 1.65. The monoisotopic (exact) mass is 206 g/mol. The maximum absolute atomic E-state index is 10.7. The van der Waals surface area contributed by atoms with Crippen molar-refractivity contribution in [3.05, 3.63) is 42.2 Å². The molecule has 0 bridgehead atoms. The highest BCUT2D eigenvalue weighted by molar-refractivity contribution is 5.82. The van der Waals surface area contributed by atoms with Crippen LogP contribution in [-0.4, -0.2) is 19.4 Å². The topological polar surface area (TPSA) is 52.6 Å². The second-order valence-electron chi connectivity index (χ2n) is 2.60. The number of para-hydroxylation sites is 1. The van der Waals surface area contributed by atoms with Crippen LogP contribution in [0.15, 0.2) is 36.6 Å². The molecule has 4 heteroatoms. The third-order valence-electron chi connectivity index (χ3n) is 1.65. The molecule has 0 aliphatic heterocycles. The second-order valence-corrected chi connectivity index (χ2v) is 2.60. The Bertz CT molecular complexity index is 382. The summed E-state index contributed by atoms with van der Waals surface area (Å²) in [5.74, 6) is -0.119. The predicted molar refractivity (Wildman–Crippen MR) is 53.6 cm³/mol. The molecular weight excluding hydrogens is 196 g/mol. The average Bonchev–Trinajstić information content (AvgIpc) is 2.29. The summed E-state index contributed by atoms with van der Waals surface area (Å²) in [5, 5.41) is 0. The number of methoxy groups -OCH3 is 1. The molecular formula is C11H10O4. The number of rotatable bonds is 4. The van der Waals surface area contributed by atoms with Gasteiger partial charge in [0.15, 0.2) is 6.29 Å². The minimum Gasteiger partial charge on any atom is -0.466 e. The average molecular weight is 206 g/mol. The van der Waals surface area contributed by atoms with Crippen LogP contribution in [0.1, 0.15) is 10.4 Å². The molecule has 0 heterocycles. The summed E-state index contributed by atoms with van der Waals surface area (Å²) in [6, 6.07) is 6.70. The first kappa shape index (κ1) is 11.0. The van der Waals surface area contributed by atoms with Gasteiger partial charge in [-0.15, -0.1) is 0 Å². The van der Waals surface area contributed by atoms with Crippen molar-refractivity contribution >= 4 is 12.3 Å². The Kier molecular flexibility index (Phi) is 4.09. The van der Waals surface area contributed by atoms with Crippen molar-refractivity contribution in [1.82, 2.24) is 0 Å². The lowest BCUT2D eigenvalue weighted by Crippen LogP contribution is -1.96. The molecule has 0 unspecified atom stereocenters. The van der Waals surface area contributed by atoms with Crippen LogP contribution < -0.4 is 4.74 Å². The Morgan fingerprint density at radius 3 is 2.73 bits per heavy atom. The van der Waals surface area contributed by atoms with E-state index in [0.29, 0.717) is 17.6 Å². The van der Waals surface area contributed by atoms with Crippen molar-refractivity contribution in [2.75, 3.05) is 7.11 Å². The lowest BCUT2D eigenvalue weighted by atomic mass is 10.2. The molecule has 0 radical (unpaired) electrons. The van der Waals surface area contributed by atoms with Crippen LogP contribution in [0, 0.1) is 0 Å². The molecule has 78 valence electrons. The standard InChI is InChI=1S/C11H10O4/c1-14-11(13)6-7-15-10-5-3-2-4-9(10)8-12/h2-8H,1H3. The number of carbonyl (C=O) groups is 2. The normalized spacial score (nSPS) is 9.93. The van der Waals surface area contributed by atoms with Crippen molar-refractivity contribution in [2.45, 2.75) is 0 Å². The van der Waals surface area contributed by atoms with Crippen molar-refractivity contribution in [3.8, 4) is 5.75 Å². The molecule has 0 saturated carbocycles. The largest absolute Gasteiger partial charge is 0.466 e. The lowest BCUT2D eigenvalue weighted by molar-refractivity contribution is -0.134. The highest BCUT2D eigenvalue weighted by Gasteiger charge is 1.99. The zero-order chi connectivity index (χ0) is 11.1. The van der Waals surface area contributed by atoms with E-state index in [1.165, 1.54) is 13.4 Å². The molecule has 0 amide bonds. The van der Waals surface area contributed by atoms with Crippen LogP contribution in [0.25, 0.3) is 0 Å². The lowest BCUT2D eigenvalue weighted by Gasteiger charge is -2.01. The molecule has 0 aliphatic rings. The summed E-state index contributed by atoms with van der Waals surface area (Å²) >= 11 is 0. The molecule has 0 spiro atoms. The van der Waals surface area contributed by atoms with E-state index in [4.69, 9.17) is 4.74 Å². The fraction of sp³-hybridized carbons (Fsp3) is 0.0909. The molecule has 0 fully saturated rings. The van der Waals surface area contributed by atoms with Crippen LogP contribution in [0.2, 0.25) is 0 Å². The minimum atomic E-state index is -0.515. The van der Waals surface area contributed by atoms with E-state index in [0.717, 1.165) is 6.08 Å². The Balaban J connectivity index is 2.68. The maximum Gasteiger partial charge on any atom is 0.333 e. The smallest absolute Gasteiger partial charge is 0.333 e. The maximum atomic E-state index is 10.7. The highest BCUT2D eigenvalue weighted by atomic mass is 16.5. The van der Waals surface area contributed by atoms with Gasteiger partial charge >= 0.3 is 5.97 Å². The number of ether oxygens (including phenoxy) is 2. The predicted octanol–water partition coefficient (Wildman–Crippen LogP) is 1.56. The van der Waals surface area contributed by atoms with Crippen LogP contribution >= 0.6 is 0 Å². The van der Waals surface area contributed by atoms with E-state index in [1.54, 1.807) is 24.3 Å². The molecule has 0 aromatic heterocycles. The fourth-order valence-electron chi connectivity index (χ4n) is 0.916. The van der Waals surface area contributed by atoms with Gasteiger partial charge in [-0.3, -0.25) is 4.79 Å². The van der Waals surface area contributed by atoms with Crippen molar-refractivity contribution in [2.24, 2.45) is 0 Å². The van der Waals surface area contributed by atoms with Gasteiger partial charge in [-0.25, -0.2) is 4.79 Å². The van der Waals surface area contributed by atoms with E-state index in [1.807, 2.05) is 0 Å². The zero-order valence-corrected chi connectivity index (χ0v) is 8.17. The fourth-order valence-corrected chi connectivity index (χ4v) is 0.916. The van der Waals surface area contributed by atoms with Gasteiger partial charge in [0.2, 0.25) is 0 Å². The van der Waals surface area contributed by atoms with Crippen molar-refractivity contribution in [3.63, 3.8) is 0 Å². The summed E-state index contributed by atoms with van der Waals surface area (Å²) in [6.07, 6.45) is 2.98. The number of esters is 1. The Labute approximate surface area is 87.1 Å². The highest BCUT2D eigenvalue weighted by Crippen LogP contribution is 2.15. The van der Waals surface area contributed by atoms with Gasteiger partial charge in [0.1, 0.15) is 5.75 Å². The van der Waals surface area contributed by atoms with Gasteiger partial charge in [0.05, 0.1) is 25.0 Å². The molecule has 1 rings (SSSR count). The summed E-state index contributed by atoms with van der Waals surface area (Å²) in [7, 11) is 1.27. The van der Waals surface area contributed by atoms with Gasteiger partial charge in [0, 0.05) is 0 Å². The molecule has 0 atom stereocenters. The van der Waals surface area contributed by atoms with Gasteiger partial charge in [-0.05, 0) is 12.1 Å². The first-order chi connectivity index (χ1) is 7.27. The van der Waals surface area contributed by atoms with Crippen LogP contribution in [0.3, 0.4) is 0 Å². The Morgan fingerprint density at radius 2 is 2.07 bits per heavy atom. The molecule has 1 aromatic rings. The quantitative estimate of drug-likeness (QED) is 0.324. The third kappa shape index (κ3) is 3.27. The number of benzene rings is 1. The van der Waals surface area contributed by atoms with Gasteiger partial charge in [-0.2, -0.15) is 0 Å². The number of hydrogen-bond acceptors (Lipinski definition) is 4. The molecule has 1 aromatic carbocycles. The van der Waals surface area contributed by atoms with Crippen LogP contribution in [0.4, 0.5) is 0 Å². The number of hydrogen-bond donors (Lipinski definition) is 0. The van der Waals surface area contributed by atoms with E-state index in [-0.39, 0.29) is 0 Å². The van der Waals surface area contributed by atoms with Gasteiger partial charge in [0.25, 0.3) is 0 Å². The Hall–Kier alpha value is -2.10. The molecule has 0 aliphatic carbocycles. The van der Waals surface area contributed by atoms with Crippen molar-refractivity contribution < 1.29 is 19.1 Å². The van der Waals surface area contributed by atoms with Crippen LogP contribution in [0.5, 0.6) is 5.75 Å². The summed E-state index contributed by atoms with van der Waals surface area (Å²) in [5.41, 5.74) is 0.423. The zero-order valence-electron chi connectivity index (χ0n) is 8.17. The molecule has 15 heavy (non-hydrogen) atoms. The second kappa shape index (κ2) is 5.59.